The number of likely N-dealkylation sites (tertiary alicyclic amines) is 1. The Labute approximate surface area is 200 Å². The number of ether oxygens (including phenoxy) is 1. The topological polar surface area (TPSA) is 78.4 Å². The molecule has 1 fully saturated rings. The predicted molar refractivity (Wildman–Crippen MR) is 133 cm³/mol. The van der Waals surface area contributed by atoms with Gasteiger partial charge in [0.2, 0.25) is 0 Å². The van der Waals surface area contributed by atoms with E-state index in [-0.39, 0.29) is 24.0 Å². The van der Waals surface area contributed by atoms with Crippen LogP contribution < -0.4 is 5.32 Å². The fourth-order valence-corrected chi connectivity index (χ4v) is 3.77. The SMILES string of the molecule is CN=C(NCc1cccc(-c2ncn[nH]2)c1)N1CCC(COCc2ccccc2)C1.I. The predicted octanol–water partition coefficient (Wildman–Crippen LogP) is 3.70. The maximum absolute atomic E-state index is 5.94. The van der Waals surface area contributed by atoms with Crippen molar-refractivity contribution in [2.75, 3.05) is 26.7 Å². The molecule has 0 radical (unpaired) electrons. The van der Waals surface area contributed by atoms with Crippen molar-refractivity contribution in [1.82, 2.24) is 25.4 Å². The van der Waals surface area contributed by atoms with E-state index in [1.807, 2.05) is 37.4 Å². The van der Waals surface area contributed by atoms with Crippen LogP contribution in [-0.4, -0.2) is 52.8 Å². The summed E-state index contributed by atoms with van der Waals surface area (Å²) in [6.07, 6.45) is 2.64. The van der Waals surface area contributed by atoms with E-state index < -0.39 is 0 Å². The summed E-state index contributed by atoms with van der Waals surface area (Å²) in [4.78, 5) is 11.0. The number of hydrogen-bond donors (Lipinski definition) is 2. The molecule has 0 spiro atoms. The summed E-state index contributed by atoms with van der Waals surface area (Å²) in [6, 6.07) is 18.6. The first-order chi connectivity index (χ1) is 14.8. The Balaban J connectivity index is 0.00000272. The Morgan fingerprint density at radius 2 is 2.03 bits per heavy atom. The van der Waals surface area contributed by atoms with Crippen LogP contribution in [0.15, 0.2) is 65.9 Å². The minimum Gasteiger partial charge on any atom is -0.376 e. The molecule has 0 amide bonds. The van der Waals surface area contributed by atoms with E-state index in [1.165, 1.54) is 17.5 Å². The Kier molecular flexibility index (Phi) is 8.84. The molecule has 8 heteroatoms. The van der Waals surface area contributed by atoms with Crippen molar-refractivity contribution in [3.63, 3.8) is 0 Å². The fraction of sp³-hybridized carbons (Fsp3) is 0.348. The highest BCUT2D eigenvalue weighted by atomic mass is 127. The summed E-state index contributed by atoms with van der Waals surface area (Å²) in [5, 5.41) is 10.3. The summed E-state index contributed by atoms with van der Waals surface area (Å²) in [5.74, 6) is 2.24. The maximum atomic E-state index is 5.94. The van der Waals surface area contributed by atoms with Gasteiger partial charge in [-0.15, -0.1) is 24.0 Å². The van der Waals surface area contributed by atoms with Gasteiger partial charge in [-0.1, -0.05) is 48.5 Å². The summed E-state index contributed by atoms with van der Waals surface area (Å²) in [5.41, 5.74) is 3.42. The van der Waals surface area contributed by atoms with Gasteiger partial charge in [0.25, 0.3) is 0 Å². The summed E-state index contributed by atoms with van der Waals surface area (Å²) in [7, 11) is 1.84. The number of aromatic nitrogens is 3. The van der Waals surface area contributed by atoms with Crippen molar-refractivity contribution in [1.29, 1.82) is 0 Å². The average molecular weight is 532 g/mol. The molecule has 1 aromatic heterocycles. The van der Waals surface area contributed by atoms with Crippen LogP contribution in [0, 0.1) is 5.92 Å². The maximum Gasteiger partial charge on any atom is 0.193 e. The van der Waals surface area contributed by atoms with Crippen molar-refractivity contribution in [2.24, 2.45) is 10.9 Å². The molecular formula is C23H29IN6O. The molecular weight excluding hydrogens is 503 g/mol. The number of aliphatic imine (C=N–C) groups is 1. The molecule has 1 aliphatic heterocycles. The molecule has 1 atom stereocenters. The molecule has 0 bridgehead atoms. The molecule has 2 heterocycles. The second kappa shape index (κ2) is 11.8. The van der Waals surface area contributed by atoms with E-state index in [4.69, 9.17) is 4.74 Å². The van der Waals surface area contributed by atoms with E-state index >= 15 is 0 Å². The van der Waals surface area contributed by atoms with Crippen molar-refractivity contribution >= 4 is 29.9 Å². The van der Waals surface area contributed by atoms with Gasteiger partial charge in [-0.05, 0) is 23.6 Å². The first-order valence-corrected chi connectivity index (χ1v) is 10.3. The first-order valence-electron chi connectivity index (χ1n) is 10.3. The van der Waals surface area contributed by atoms with E-state index in [2.05, 4.69) is 54.7 Å². The van der Waals surface area contributed by atoms with Gasteiger partial charge >= 0.3 is 0 Å². The molecule has 2 aromatic carbocycles. The highest BCUT2D eigenvalue weighted by molar-refractivity contribution is 14.0. The van der Waals surface area contributed by atoms with Gasteiger partial charge in [0, 0.05) is 38.2 Å². The van der Waals surface area contributed by atoms with Crippen LogP contribution >= 0.6 is 24.0 Å². The second-order valence-corrected chi connectivity index (χ2v) is 7.54. The molecule has 7 nitrogen and oxygen atoms in total. The number of H-pyrrole nitrogens is 1. The molecule has 1 unspecified atom stereocenters. The minimum atomic E-state index is 0. The van der Waals surface area contributed by atoms with E-state index in [0.717, 1.165) is 43.5 Å². The second-order valence-electron chi connectivity index (χ2n) is 7.54. The highest BCUT2D eigenvalue weighted by Crippen LogP contribution is 2.18. The third kappa shape index (κ3) is 6.51. The summed E-state index contributed by atoms with van der Waals surface area (Å²) >= 11 is 0. The monoisotopic (exact) mass is 532 g/mol. The zero-order chi connectivity index (χ0) is 20.6. The molecule has 2 N–H and O–H groups in total. The third-order valence-electron chi connectivity index (χ3n) is 5.33. The Bertz CT molecular complexity index is 948. The standard InChI is InChI=1S/C23H28N6O.HI/c1-24-23(25-13-19-8-5-9-21(12-19)22-26-17-27-28-22)29-11-10-20(14-29)16-30-15-18-6-3-2-4-7-18;/h2-9,12,17,20H,10-11,13-16H2,1H3,(H,24,25)(H,26,27,28);1H. The van der Waals surface area contributed by atoms with Gasteiger partial charge in [0.15, 0.2) is 11.8 Å². The molecule has 31 heavy (non-hydrogen) atoms. The lowest BCUT2D eigenvalue weighted by Crippen LogP contribution is -2.39. The van der Waals surface area contributed by atoms with Crippen LogP contribution in [0.25, 0.3) is 11.4 Å². The first kappa shape index (κ1) is 23.2. The van der Waals surface area contributed by atoms with Gasteiger partial charge in [-0.3, -0.25) is 10.1 Å². The Morgan fingerprint density at radius 1 is 1.19 bits per heavy atom. The van der Waals surface area contributed by atoms with Crippen molar-refractivity contribution < 1.29 is 4.74 Å². The molecule has 4 rings (SSSR count). The van der Waals surface area contributed by atoms with E-state index in [0.29, 0.717) is 19.1 Å². The van der Waals surface area contributed by atoms with Gasteiger partial charge in [-0.25, -0.2) is 4.98 Å². The summed E-state index contributed by atoms with van der Waals surface area (Å²) < 4.78 is 5.94. The van der Waals surface area contributed by atoms with Crippen molar-refractivity contribution in [3.05, 3.63) is 72.1 Å². The van der Waals surface area contributed by atoms with Gasteiger partial charge in [0.05, 0.1) is 13.2 Å². The van der Waals surface area contributed by atoms with Gasteiger partial charge in [0.1, 0.15) is 6.33 Å². The molecule has 1 aliphatic rings. The molecule has 3 aromatic rings. The van der Waals surface area contributed by atoms with Crippen LogP contribution in [0.2, 0.25) is 0 Å². The highest BCUT2D eigenvalue weighted by Gasteiger charge is 2.25. The summed E-state index contributed by atoms with van der Waals surface area (Å²) in [6.45, 7) is 4.12. The number of nitrogens with zero attached hydrogens (tertiary/aromatic N) is 4. The number of hydrogen-bond acceptors (Lipinski definition) is 4. The molecule has 0 aliphatic carbocycles. The largest absolute Gasteiger partial charge is 0.376 e. The van der Waals surface area contributed by atoms with E-state index in [9.17, 15) is 0 Å². The molecule has 0 saturated carbocycles. The number of benzene rings is 2. The lowest BCUT2D eigenvalue weighted by atomic mass is 10.1. The lowest BCUT2D eigenvalue weighted by Gasteiger charge is -2.22. The van der Waals surface area contributed by atoms with Crippen molar-refractivity contribution in [2.45, 2.75) is 19.6 Å². The van der Waals surface area contributed by atoms with Gasteiger partial charge < -0.3 is 15.0 Å². The number of nitrogens with one attached hydrogen (secondary N) is 2. The zero-order valence-corrected chi connectivity index (χ0v) is 20.0. The van der Waals surface area contributed by atoms with Crippen LogP contribution in [0.1, 0.15) is 17.5 Å². The molecule has 164 valence electrons. The van der Waals surface area contributed by atoms with Gasteiger partial charge in [-0.2, -0.15) is 5.10 Å². The molecule has 1 saturated heterocycles. The normalized spacial score (nSPS) is 16.2. The number of guanidine groups is 1. The lowest BCUT2D eigenvalue weighted by molar-refractivity contribution is 0.0906. The number of rotatable bonds is 7. The zero-order valence-electron chi connectivity index (χ0n) is 17.7. The minimum absolute atomic E-state index is 0. The Morgan fingerprint density at radius 3 is 2.81 bits per heavy atom. The average Bonchev–Trinajstić information content (AvgIpc) is 3.48. The van der Waals surface area contributed by atoms with Crippen LogP contribution in [0.5, 0.6) is 0 Å². The van der Waals surface area contributed by atoms with Crippen LogP contribution in [0.4, 0.5) is 0 Å². The smallest absolute Gasteiger partial charge is 0.193 e. The van der Waals surface area contributed by atoms with Crippen molar-refractivity contribution in [3.8, 4) is 11.4 Å². The Hall–Kier alpha value is -2.46. The quantitative estimate of drug-likeness (QED) is 0.276. The number of aromatic amines is 1. The van der Waals surface area contributed by atoms with E-state index in [1.54, 1.807) is 0 Å². The third-order valence-corrected chi connectivity index (χ3v) is 5.33. The van der Waals surface area contributed by atoms with Crippen LogP contribution in [-0.2, 0) is 17.9 Å². The van der Waals surface area contributed by atoms with Crippen LogP contribution in [0.3, 0.4) is 0 Å². The number of halogens is 1. The fourth-order valence-electron chi connectivity index (χ4n) is 3.77.